The molecule has 0 saturated heterocycles. The first-order valence-electron chi connectivity index (χ1n) is 13.9. The molecule has 15 nitrogen and oxygen atoms in total. The van der Waals surface area contributed by atoms with Crippen molar-refractivity contribution in [3.05, 3.63) is 54.1 Å². The van der Waals surface area contributed by atoms with E-state index in [1.54, 1.807) is 25.1 Å². The zero-order valence-electron chi connectivity index (χ0n) is 26.4. The number of carbonyl (C=O) groups excluding carboxylic acids is 2. The molecule has 45 heavy (non-hydrogen) atoms. The Balaban J connectivity index is 1.57. The second kappa shape index (κ2) is 12.7. The second-order valence-corrected chi connectivity index (χ2v) is 11.5. The zero-order chi connectivity index (χ0) is 33.2. The van der Waals surface area contributed by atoms with Gasteiger partial charge in [-0.15, -0.1) is 5.10 Å². The van der Waals surface area contributed by atoms with E-state index in [1.807, 2.05) is 56.6 Å². The van der Waals surface area contributed by atoms with Crippen molar-refractivity contribution in [1.82, 2.24) is 16.0 Å². The third-order valence-electron chi connectivity index (χ3n) is 7.58. The smallest absolute Gasteiger partial charge is 0.285 e. The largest absolute Gasteiger partial charge is 0.481 e. The van der Waals surface area contributed by atoms with Crippen molar-refractivity contribution >= 4 is 40.5 Å². The average Bonchev–Trinajstić information content (AvgIpc) is 3.47. The van der Waals surface area contributed by atoms with Gasteiger partial charge >= 0.3 is 0 Å². The molecule has 2 aromatic carbocycles. The number of likely N-dealkylation sites (N-methyl/N-ethyl adjacent to an activating group) is 1. The molecule has 0 fully saturated rings. The first-order valence-corrected chi connectivity index (χ1v) is 13.9. The Morgan fingerprint density at radius 3 is 2.13 bits per heavy atom. The van der Waals surface area contributed by atoms with Crippen molar-refractivity contribution < 1.29 is 34.4 Å². The summed E-state index contributed by atoms with van der Waals surface area (Å²) in [5.74, 6) is -1.23. The van der Waals surface area contributed by atoms with Crippen LogP contribution in [0.5, 0.6) is 0 Å². The lowest BCUT2D eigenvalue weighted by atomic mass is 9.75. The lowest BCUT2D eigenvalue weighted by Crippen LogP contribution is -2.63. The molecule has 2 atom stereocenters. The molecule has 0 spiro atoms. The number of methoxy groups -OCH3 is 1. The maximum atomic E-state index is 13.6. The van der Waals surface area contributed by atoms with Crippen LogP contribution in [0.15, 0.2) is 69.0 Å². The molecule has 0 aromatic heterocycles. The van der Waals surface area contributed by atoms with Gasteiger partial charge in [-0.1, -0.05) is 61.4 Å². The minimum absolute atomic E-state index is 0.0628. The normalized spacial score (nSPS) is 22.5. The van der Waals surface area contributed by atoms with Gasteiger partial charge in [0.2, 0.25) is 17.0 Å². The third kappa shape index (κ3) is 5.66. The number of rotatable bonds is 10. The highest BCUT2D eigenvalue weighted by molar-refractivity contribution is 6.35. The summed E-state index contributed by atoms with van der Waals surface area (Å²) in [6.07, 6.45) is 0. The molecule has 0 bridgehead atoms. The topological polar surface area (TPSA) is 182 Å². The van der Waals surface area contributed by atoms with Gasteiger partial charge in [0.25, 0.3) is 11.8 Å². The lowest BCUT2D eigenvalue weighted by molar-refractivity contribution is -0.133. The van der Waals surface area contributed by atoms with Crippen LogP contribution in [0.3, 0.4) is 0 Å². The summed E-state index contributed by atoms with van der Waals surface area (Å²) in [5, 5.41) is 39.1. The number of ether oxygens (including phenoxy) is 1. The van der Waals surface area contributed by atoms with E-state index in [-0.39, 0.29) is 23.9 Å². The quantitative estimate of drug-likeness (QED) is 0.229. The molecule has 4 N–H and O–H groups in total. The van der Waals surface area contributed by atoms with Crippen LogP contribution < -0.4 is 16.0 Å². The highest BCUT2D eigenvalue weighted by Crippen LogP contribution is 2.33. The average molecular weight is 623 g/mol. The van der Waals surface area contributed by atoms with Gasteiger partial charge in [-0.2, -0.15) is 21.1 Å². The highest BCUT2D eigenvalue weighted by Gasteiger charge is 2.57. The molecule has 4 rings (SSSR count). The van der Waals surface area contributed by atoms with Gasteiger partial charge in [0.15, 0.2) is 0 Å². The van der Waals surface area contributed by atoms with Gasteiger partial charge in [-0.25, -0.2) is 5.01 Å². The standard InChI is InChI=1S/C30H38N8O7/c1-18(29(35-41)24(28(3,4)5)31-37(6)26(29)39)34-45-17-20-11-9-12-21(15-20)22-13-10-14-23(16-22)38-27(40)30(36-42,19(2)33-44-8)25(32-38)43-7/h9-16,35-36,41-42H,17H2,1-8H3. The SMILES string of the molecule is CON=C(C)C1(NO)C(=O)N(c2cccc(-c3cccc(CON=C(C)C4(NO)C(=O)N(C)N=C4C(C)(C)C)c3)c2)N=C1OC. The molecule has 0 aliphatic carbocycles. The maximum absolute atomic E-state index is 13.6. The van der Waals surface area contributed by atoms with Gasteiger partial charge in [0, 0.05) is 12.5 Å². The van der Waals surface area contributed by atoms with E-state index in [0.29, 0.717) is 11.4 Å². The van der Waals surface area contributed by atoms with Crippen LogP contribution in [-0.2, 0) is 30.6 Å². The number of hydrogen-bond acceptors (Lipinski definition) is 13. The van der Waals surface area contributed by atoms with Crippen molar-refractivity contribution in [3.8, 4) is 11.1 Å². The number of nitrogens with one attached hydrogen (secondary N) is 2. The van der Waals surface area contributed by atoms with Crippen molar-refractivity contribution in [2.45, 2.75) is 52.3 Å². The highest BCUT2D eigenvalue weighted by atomic mass is 16.6. The van der Waals surface area contributed by atoms with Crippen LogP contribution in [0, 0.1) is 5.41 Å². The monoisotopic (exact) mass is 622 g/mol. The Morgan fingerprint density at radius 2 is 1.53 bits per heavy atom. The fourth-order valence-corrected chi connectivity index (χ4v) is 5.29. The minimum Gasteiger partial charge on any atom is -0.481 e. The van der Waals surface area contributed by atoms with Gasteiger partial charge < -0.3 is 24.8 Å². The van der Waals surface area contributed by atoms with Gasteiger partial charge in [0.1, 0.15) is 13.7 Å². The maximum Gasteiger partial charge on any atom is 0.285 e. The number of hydrogen-bond donors (Lipinski definition) is 4. The van der Waals surface area contributed by atoms with Gasteiger partial charge in [-0.05, 0) is 48.7 Å². The fourth-order valence-electron chi connectivity index (χ4n) is 5.29. The van der Waals surface area contributed by atoms with Crippen LogP contribution in [-0.4, -0.2) is 82.6 Å². The molecular formula is C30H38N8O7. The van der Waals surface area contributed by atoms with Crippen molar-refractivity contribution in [3.63, 3.8) is 0 Å². The van der Waals surface area contributed by atoms with Gasteiger partial charge in [0.05, 0.1) is 29.9 Å². The van der Waals surface area contributed by atoms with E-state index in [0.717, 1.165) is 21.7 Å². The molecule has 2 heterocycles. The predicted molar refractivity (Wildman–Crippen MR) is 167 cm³/mol. The van der Waals surface area contributed by atoms with Gasteiger partial charge in [-0.3, -0.25) is 9.59 Å². The van der Waals surface area contributed by atoms with Crippen LogP contribution in [0.2, 0.25) is 0 Å². The third-order valence-corrected chi connectivity index (χ3v) is 7.58. The van der Waals surface area contributed by atoms with E-state index >= 15 is 0 Å². The fraction of sp³-hybridized carbons (Fsp3) is 0.400. The molecule has 2 aliphatic heterocycles. The Morgan fingerprint density at radius 1 is 0.911 bits per heavy atom. The molecule has 2 aromatic rings. The van der Waals surface area contributed by atoms with Crippen LogP contribution >= 0.6 is 0 Å². The number of amides is 2. The molecule has 2 aliphatic rings. The second-order valence-electron chi connectivity index (χ2n) is 11.5. The number of nitrogens with zero attached hydrogens (tertiary/aromatic N) is 6. The number of oxime groups is 2. The Hall–Kier alpha value is -4.70. The number of anilines is 1. The number of hydroxylamine groups is 2. The summed E-state index contributed by atoms with van der Waals surface area (Å²) >= 11 is 0. The van der Waals surface area contributed by atoms with E-state index in [9.17, 15) is 20.0 Å². The number of carbonyl (C=O) groups is 2. The predicted octanol–water partition coefficient (Wildman–Crippen LogP) is 2.88. The Kier molecular flexibility index (Phi) is 9.39. The molecule has 2 unspecified atom stereocenters. The molecule has 2 amide bonds. The molecule has 0 radical (unpaired) electrons. The van der Waals surface area contributed by atoms with Crippen molar-refractivity contribution in [2.24, 2.45) is 25.9 Å². The molecule has 15 heteroatoms. The Labute approximate surface area is 260 Å². The summed E-state index contributed by atoms with van der Waals surface area (Å²) in [7, 11) is 4.17. The molecule has 240 valence electrons. The zero-order valence-corrected chi connectivity index (χ0v) is 26.4. The van der Waals surface area contributed by atoms with Crippen molar-refractivity contribution in [1.29, 1.82) is 0 Å². The van der Waals surface area contributed by atoms with Crippen LogP contribution in [0.1, 0.15) is 40.2 Å². The lowest BCUT2D eigenvalue weighted by Gasteiger charge is -2.32. The molecular weight excluding hydrogens is 584 g/mol. The summed E-state index contributed by atoms with van der Waals surface area (Å²) < 4.78 is 5.33. The molecule has 0 saturated carbocycles. The van der Waals surface area contributed by atoms with Crippen LogP contribution in [0.25, 0.3) is 11.1 Å². The number of benzene rings is 2. The van der Waals surface area contributed by atoms with E-state index < -0.39 is 28.3 Å². The first kappa shape index (κ1) is 33.2. The minimum atomic E-state index is -1.86. The summed E-state index contributed by atoms with van der Waals surface area (Å²) in [6, 6.07) is 14.6. The first-order chi connectivity index (χ1) is 21.3. The van der Waals surface area contributed by atoms with Crippen LogP contribution in [0.4, 0.5) is 5.69 Å². The van der Waals surface area contributed by atoms with E-state index in [4.69, 9.17) is 14.4 Å². The van der Waals surface area contributed by atoms with E-state index in [2.05, 4.69) is 26.0 Å². The summed E-state index contributed by atoms with van der Waals surface area (Å²) in [5.41, 5.74) is 3.54. The summed E-state index contributed by atoms with van der Waals surface area (Å²) in [6.45, 7) is 8.81. The van der Waals surface area contributed by atoms with Crippen molar-refractivity contribution in [2.75, 3.05) is 26.3 Å². The summed E-state index contributed by atoms with van der Waals surface area (Å²) in [4.78, 5) is 37.1. The Bertz CT molecular complexity index is 1600. The van der Waals surface area contributed by atoms with E-state index in [1.165, 1.54) is 33.2 Å². The number of hydrazone groups is 2.